The Hall–Kier alpha value is -2.84. The van der Waals surface area contributed by atoms with E-state index in [2.05, 4.69) is 146 Å². The molecular weight excluding hydrogens is 586 g/mol. The Morgan fingerprint density at radius 1 is 0.595 bits per heavy atom. The van der Waals surface area contributed by atoms with Crippen LogP contribution in [-0.2, 0) is 23.6 Å². The first-order chi connectivity index (χ1) is 20.3. The monoisotopic (exact) mass is 620 g/mol. The zero-order valence-electron chi connectivity index (χ0n) is 24.4. The van der Waals surface area contributed by atoms with E-state index in [1.165, 1.54) is 66.1 Å². The molecule has 5 aromatic rings. The van der Waals surface area contributed by atoms with Gasteiger partial charge in [-0.05, 0) is 77.8 Å². The predicted octanol–water partition coefficient (Wildman–Crippen LogP) is 8.17. The molecule has 42 heavy (non-hydrogen) atoms. The minimum atomic E-state index is -2.35. The largest absolute Gasteiger partial charge is 0.308 e. The summed E-state index contributed by atoms with van der Waals surface area (Å²) in [6.45, 7) is 10.8. The first-order valence-corrected chi connectivity index (χ1v) is 20.6. The molecular formula is C36H34N2P2S2. The van der Waals surface area contributed by atoms with Gasteiger partial charge in [-0.2, -0.15) is 0 Å². The van der Waals surface area contributed by atoms with E-state index < -0.39 is 12.2 Å². The topological polar surface area (TPSA) is 6.48 Å². The summed E-state index contributed by atoms with van der Waals surface area (Å²) in [6.07, 6.45) is -2.35. The van der Waals surface area contributed by atoms with Gasteiger partial charge < -0.3 is 4.90 Å². The van der Waals surface area contributed by atoms with Crippen LogP contribution in [0.25, 0.3) is 22.3 Å². The Kier molecular flexibility index (Phi) is 6.93. The number of hydrogen-bond acceptors (Lipinski definition) is 3. The molecule has 0 radical (unpaired) electrons. The number of anilines is 3. The third-order valence-electron chi connectivity index (χ3n) is 8.79. The molecule has 6 heteroatoms. The van der Waals surface area contributed by atoms with E-state index in [0.29, 0.717) is 0 Å². The van der Waals surface area contributed by atoms with Gasteiger partial charge >= 0.3 is 0 Å². The maximum absolute atomic E-state index is 6.98. The Bertz CT molecular complexity index is 1950. The molecule has 0 saturated carbocycles. The Labute approximate surface area is 260 Å². The molecule has 5 aromatic carbocycles. The van der Waals surface area contributed by atoms with Crippen LogP contribution >= 0.6 is 12.2 Å². The molecule has 0 amide bonds. The molecule has 2 aliphatic heterocycles. The highest BCUT2D eigenvalue weighted by Gasteiger charge is 2.45. The van der Waals surface area contributed by atoms with E-state index in [4.69, 9.17) is 23.6 Å². The van der Waals surface area contributed by atoms with Crippen LogP contribution in [0.3, 0.4) is 0 Å². The lowest BCUT2D eigenvalue weighted by Crippen LogP contribution is -2.46. The molecule has 210 valence electrons. The molecule has 0 aliphatic carbocycles. The lowest BCUT2D eigenvalue weighted by atomic mass is 10.0. The molecule has 0 N–H and O–H groups in total. The molecule has 2 atom stereocenters. The number of rotatable bonds is 5. The minimum absolute atomic E-state index is 0.906. The molecule has 0 spiro atoms. The molecule has 2 nitrogen and oxygen atoms in total. The highest BCUT2D eigenvalue weighted by molar-refractivity contribution is 8.22. The van der Waals surface area contributed by atoms with Gasteiger partial charge in [0.1, 0.15) is 0 Å². The van der Waals surface area contributed by atoms with E-state index in [-0.39, 0.29) is 0 Å². The highest BCUT2D eigenvalue weighted by atomic mass is 32.4. The average molecular weight is 621 g/mol. The second-order valence-electron chi connectivity index (χ2n) is 11.3. The molecule has 0 bridgehead atoms. The first kappa shape index (κ1) is 28.0. The minimum Gasteiger partial charge on any atom is -0.308 e. The number of fused-ring (bicyclic) bond motifs is 4. The normalized spacial score (nSPS) is 20.2. The molecule has 2 aliphatic rings. The van der Waals surface area contributed by atoms with Crippen molar-refractivity contribution in [2.75, 3.05) is 24.7 Å². The predicted molar refractivity (Wildman–Crippen MR) is 193 cm³/mol. The van der Waals surface area contributed by atoms with E-state index in [1.54, 1.807) is 0 Å². The van der Waals surface area contributed by atoms with Crippen molar-refractivity contribution in [1.82, 2.24) is 4.67 Å². The van der Waals surface area contributed by atoms with Crippen LogP contribution in [0, 0.1) is 6.92 Å². The van der Waals surface area contributed by atoms with Gasteiger partial charge in [-0.15, -0.1) is 0 Å². The first-order valence-electron chi connectivity index (χ1n) is 14.6. The summed E-state index contributed by atoms with van der Waals surface area (Å²) in [4.78, 5) is 2.50. The van der Waals surface area contributed by atoms with Crippen molar-refractivity contribution in [1.29, 1.82) is 0 Å². The Balaban J connectivity index is 1.57. The van der Waals surface area contributed by atoms with Crippen molar-refractivity contribution >= 4 is 74.1 Å². The average Bonchev–Trinajstić information content (AvgIpc) is 3.02. The molecule has 7 rings (SSSR count). The van der Waals surface area contributed by atoms with Crippen LogP contribution < -0.4 is 26.1 Å². The van der Waals surface area contributed by atoms with Crippen molar-refractivity contribution < 1.29 is 0 Å². The van der Waals surface area contributed by atoms with Crippen molar-refractivity contribution in [3.63, 3.8) is 0 Å². The second-order valence-corrected chi connectivity index (χ2v) is 20.5. The van der Waals surface area contributed by atoms with Crippen LogP contribution in [0.15, 0.2) is 109 Å². The summed E-state index contributed by atoms with van der Waals surface area (Å²) < 4.78 is 2.55. The van der Waals surface area contributed by atoms with Crippen LogP contribution in [0.2, 0.25) is 0 Å². The smallest absolute Gasteiger partial charge is 0.0751 e. The van der Waals surface area contributed by atoms with Crippen LogP contribution in [0.5, 0.6) is 0 Å². The number of hydrogen-bond donors (Lipinski definition) is 0. The number of benzene rings is 5. The fourth-order valence-corrected chi connectivity index (χ4v) is 14.9. The van der Waals surface area contributed by atoms with Crippen LogP contribution in [0.4, 0.5) is 17.1 Å². The Morgan fingerprint density at radius 2 is 1.10 bits per heavy atom. The lowest BCUT2D eigenvalue weighted by molar-refractivity contribution is 0.513. The zero-order valence-corrected chi connectivity index (χ0v) is 27.8. The van der Waals surface area contributed by atoms with Crippen LogP contribution in [0.1, 0.15) is 19.4 Å². The summed E-state index contributed by atoms with van der Waals surface area (Å²) in [7, 11) is 0. The molecule has 0 aromatic heterocycles. The van der Waals surface area contributed by atoms with Gasteiger partial charge in [0.15, 0.2) is 0 Å². The van der Waals surface area contributed by atoms with E-state index >= 15 is 0 Å². The van der Waals surface area contributed by atoms with Gasteiger partial charge in [0.2, 0.25) is 0 Å². The SMILES string of the molecule is CCN(CC)P1(=S)c2cc(-c3ccccc3)ccc2N2c3ccc(-c4ccccc4)cc3P(C)(=S)c3cc(C)cc1c32. The third kappa shape index (κ3) is 4.08. The summed E-state index contributed by atoms with van der Waals surface area (Å²) in [5.41, 5.74) is 9.75. The third-order valence-corrected chi connectivity index (χ3v) is 17.7. The standard InChI is InChI=1S/C36H34N2P2S2/c1-5-37(6-2)40(42)33-24-29(27-15-11-8-12-16-27)18-20-31(33)38-30-19-17-28(26-13-9-7-10-14-26)23-32(30)39(4,41)34-21-25(3)22-35(40)36(34)38/h7-24H,5-6H2,1-4H3. The fraction of sp³-hybridized carbons (Fsp3) is 0.167. The molecule has 2 heterocycles. The zero-order chi connectivity index (χ0) is 29.2. The maximum Gasteiger partial charge on any atom is 0.0751 e. The summed E-state index contributed by atoms with van der Waals surface area (Å²) in [5, 5.41) is 5.14. The summed E-state index contributed by atoms with van der Waals surface area (Å²) in [6, 6.07) is 37.8. The fourth-order valence-electron chi connectivity index (χ4n) is 6.71. The summed E-state index contributed by atoms with van der Waals surface area (Å²) in [5.74, 6) is 0. The van der Waals surface area contributed by atoms with Crippen molar-refractivity contribution in [2.45, 2.75) is 20.8 Å². The van der Waals surface area contributed by atoms with Crippen molar-refractivity contribution in [3.05, 3.63) is 115 Å². The maximum atomic E-state index is 6.98. The van der Waals surface area contributed by atoms with Gasteiger partial charge in [-0.25, -0.2) is 0 Å². The van der Waals surface area contributed by atoms with Crippen LogP contribution in [-0.4, -0.2) is 24.4 Å². The van der Waals surface area contributed by atoms with Gasteiger partial charge in [0, 0.05) is 40.3 Å². The highest BCUT2D eigenvalue weighted by Crippen LogP contribution is 2.62. The molecule has 0 fully saturated rings. The van der Waals surface area contributed by atoms with E-state index in [9.17, 15) is 0 Å². The van der Waals surface area contributed by atoms with Crippen molar-refractivity contribution in [3.8, 4) is 22.3 Å². The second kappa shape index (κ2) is 10.4. The Morgan fingerprint density at radius 3 is 1.64 bits per heavy atom. The molecule has 2 unspecified atom stereocenters. The number of nitrogens with zero attached hydrogens (tertiary/aromatic N) is 2. The summed E-state index contributed by atoms with van der Waals surface area (Å²) >= 11 is 13.7. The van der Waals surface area contributed by atoms with Gasteiger partial charge in [-0.3, -0.25) is 4.67 Å². The van der Waals surface area contributed by atoms with Gasteiger partial charge in [0.05, 0.1) is 23.3 Å². The lowest BCUT2D eigenvalue weighted by Gasteiger charge is -2.48. The quantitative estimate of drug-likeness (QED) is 0.183. The van der Waals surface area contributed by atoms with Crippen molar-refractivity contribution in [2.24, 2.45) is 0 Å². The number of aryl methyl sites for hydroxylation is 1. The van der Waals surface area contributed by atoms with Gasteiger partial charge in [0.25, 0.3) is 0 Å². The molecule has 0 saturated heterocycles. The van der Waals surface area contributed by atoms with E-state index in [1.807, 2.05) is 0 Å². The van der Waals surface area contributed by atoms with Gasteiger partial charge in [-0.1, -0.05) is 110 Å². The van der Waals surface area contributed by atoms with E-state index in [0.717, 1.165) is 13.1 Å².